The van der Waals surface area contributed by atoms with Gasteiger partial charge < -0.3 is 14.8 Å². The first-order valence-electron chi connectivity index (χ1n) is 7.81. The van der Waals surface area contributed by atoms with Crippen molar-refractivity contribution in [2.45, 2.75) is 6.92 Å². The average Bonchev–Trinajstić information content (AvgIpc) is 3.04. The molecule has 25 heavy (non-hydrogen) atoms. The van der Waals surface area contributed by atoms with Gasteiger partial charge in [0, 0.05) is 10.6 Å². The van der Waals surface area contributed by atoms with Crippen molar-refractivity contribution in [3.8, 4) is 22.6 Å². The van der Waals surface area contributed by atoms with E-state index in [-0.39, 0.29) is 5.91 Å². The molecule has 1 N–H and O–H groups in total. The predicted octanol–water partition coefficient (Wildman–Crippen LogP) is 4.99. The molecule has 0 atom stereocenters. The standard InChI is InChI=1S/C20H19NO3S/c1-13-18(14-4-8-16(23-2)9-5-14)12-19(25-13)20(22)21-15-6-10-17(24-3)11-7-15/h4-12H,1-3H3,(H,21,22). The lowest BCUT2D eigenvalue weighted by molar-refractivity contribution is 0.103. The van der Waals surface area contributed by atoms with Crippen LogP contribution in [0.3, 0.4) is 0 Å². The minimum Gasteiger partial charge on any atom is -0.497 e. The van der Waals surface area contributed by atoms with Gasteiger partial charge in [0.1, 0.15) is 11.5 Å². The second-order valence-electron chi connectivity index (χ2n) is 5.49. The molecule has 3 rings (SSSR count). The van der Waals surface area contributed by atoms with Crippen LogP contribution in [0, 0.1) is 6.92 Å². The predicted molar refractivity (Wildman–Crippen MR) is 102 cm³/mol. The Labute approximate surface area is 151 Å². The molecule has 0 aliphatic heterocycles. The third-order valence-electron chi connectivity index (χ3n) is 3.89. The molecule has 0 spiro atoms. The number of amides is 1. The van der Waals surface area contributed by atoms with E-state index in [0.717, 1.165) is 33.2 Å². The fraction of sp³-hybridized carbons (Fsp3) is 0.150. The van der Waals surface area contributed by atoms with Gasteiger partial charge in [0.25, 0.3) is 5.91 Å². The van der Waals surface area contributed by atoms with Crippen molar-refractivity contribution >= 4 is 22.9 Å². The average molecular weight is 353 g/mol. The zero-order chi connectivity index (χ0) is 17.8. The number of benzene rings is 2. The maximum Gasteiger partial charge on any atom is 0.265 e. The summed E-state index contributed by atoms with van der Waals surface area (Å²) in [6.45, 7) is 2.02. The Bertz CT molecular complexity index is 867. The van der Waals surface area contributed by atoms with Crippen LogP contribution in [-0.2, 0) is 0 Å². The molecule has 1 heterocycles. The normalized spacial score (nSPS) is 10.4. The van der Waals surface area contributed by atoms with Crippen molar-refractivity contribution in [3.05, 3.63) is 64.4 Å². The van der Waals surface area contributed by atoms with Crippen LogP contribution in [0.25, 0.3) is 11.1 Å². The molecule has 0 saturated carbocycles. The van der Waals surface area contributed by atoms with Crippen molar-refractivity contribution in [2.75, 3.05) is 19.5 Å². The minimum atomic E-state index is -0.113. The molecule has 0 aliphatic rings. The van der Waals surface area contributed by atoms with Gasteiger partial charge in [-0.25, -0.2) is 0 Å². The molecule has 2 aromatic carbocycles. The highest BCUT2D eigenvalue weighted by molar-refractivity contribution is 7.14. The number of carbonyl (C=O) groups excluding carboxylic acids is 1. The van der Waals surface area contributed by atoms with E-state index in [1.807, 2.05) is 61.5 Å². The summed E-state index contributed by atoms with van der Waals surface area (Å²) in [7, 11) is 3.26. The first-order valence-corrected chi connectivity index (χ1v) is 8.62. The van der Waals surface area contributed by atoms with Crippen LogP contribution in [0.2, 0.25) is 0 Å². The number of nitrogens with one attached hydrogen (secondary N) is 1. The van der Waals surface area contributed by atoms with Gasteiger partial charge in [-0.2, -0.15) is 0 Å². The van der Waals surface area contributed by atoms with Gasteiger partial charge in [-0.15, -0.1) is 11.3 Å². The topological polar surface area (TPSA) is 47.6 Å². The summed E-state index contributed by atoms with van der Waals surface area (Å²) in [6.07, 6.45) is 0. The Morgan fingerprint density at radius 2 is 1.48 bits per heavy atom. The summed E-state index contributed by atoms with van der Waals surface area (Å²) >= 11 is 1.49. The summed E-state index contributed by atoms with van der Waals surface area (Å²) < 4.78 is 10.3. The monoisotopic (exact) mass is 353 g/mol. The molecule has 0 fully saturated rings. The van der Waals surface area contributed by atoms with Crippen LogP contribution < -0.4 is 14.8 Å². The van der Waals surface area contributed by atoms with E-state index in [1.165, 1.54) is 11.3 Å². The Morgan fingerprint density at radius 1 is 0.920 bits per heavy atom. The number of methoxy groups -OCH3 is 2. The lowest BCUT2D eigenvalue weighted by Gasteiger charge is -2.05. The number of carbonyl (C=O) groups is 1. The molecule has 5 heteroatoms. The van der Waals surface area contributed by atoms with Crippen LogP contribution >= 0.6 is 11.3 Å². The van der Waals surface area contributed by atoms with Crippen molar-refractivity contribution in [3.63, 3.8) is 0 Å². The molecule has 0 aliphatic carbocycles. The molecule has 1 amide bonds. The number of thiophene rings is 1. The van der Waals surface area contributed by atoms with Crippen LogP contribution in [-0.4, -0.2) is 20.1 Å². The molecule has 3 aromatic rings. The second-order valence-corrected chi connectivity index (χ2v) is 6.75. The van der Waals surface area contributed by atoms with Gasteiger partial charge in [0.05, 0.1) is 19.1 Å². The van der Waals surface area contributed by atoms with E-state index in [1.54, 1.807) is 14.2 Å². The van der Waals surface area contributed by atoms with Gasteiger partial charge >= 0.3 is 0 Å². The number of anilines is 1. The maximum atomic E-state index is 12.5. The SMILES string of the molecule is COc1ccc(NC(=O)c2cc(-c3ccc(OC)cc3)c(C)s2)cc1. The zero-order valence-corrected chi connectivity index (χ0v) is 15.1. The number of rotatable bonds is 5. The van der Waals surface area contributed by atoms with Crippen LogP contribution in [0.4, 0.5) is 5.69 Å². The third kappa shape index (κ3) is 3.83. The molecule has 4 nitrogen and oxygen atoms in total. The van der Waals surface area contributed by atoms with E-state index >= 15 is 0 Å². The van der Waals surface area contributed by atoms with Gasteiger partial charge in [0.2, 0.25) is 0 Å². The lowest BCUT2D eigenvalue weighted by atomic mass is 10.1. The minimum absolute atomic E-state index is 0.113. The van der Waals surface area contributed by atoms with Crippen LogP contribution in [0.15, 0.2) is 54.6 Å². The summed E-state index contributed by atoms with van der Waals surface area (Å²) in [5.74, 6) is 1.46. The molecular formula is C20H19NO3S. The third-order valence-corrected chi connectivity index (χ3v) is 4.94. The highest BCUT2D eigenvalue weighted by Gasteiger charge is 2.14. The molecular weight excluding hydrogens is 334 g/mol. The quantitative estimate of drug-likeness (QED) is 0.703. The second kappa shape index (κ2) is 7.40. The number of hydrogen-bond acceptors (Lipinski definition) is 4. The Morgan fingerprint density at radius 3 is 2.04 bits per heavy atom. The molecule has 0 radical (unpaired) electrons. The summed E-state index contributed by atoms with van der Waals surface area (Å²) in [4.78, 5) is 14.3. The van der Waals surface area contributed by atoms with Crippen LogP contribution in [0.1, 0.15) is 14.5 Å². The summed E-state index contributed by atoms with van der Waals surface area (Å²) in [6, 6.07) is 17.0. The number of aryl methyl sites for hydroxylation is 1. The summed E-state index contributed by atoms with van der Waals surface area (Å²) in [5, 5.41) is 2.92. The molecule has 0 unspecified atom stereocenters. The van der Waals surface area contributed by atoms with E-state index in [4.69, 9.17) is 9.47 Å². The molecule has 0 saturated heterocycles. The number of hydrogen-bond donors (Lipinski definition) is 1. The molecule has 0 bridgehead atoms. The number of ether oxygens (including phenoxy) is 2. The van der Waals surface area contributed by atoms with Crippen molar-refractivity contribution < 1.29 is 14.3 Å². The Hall–Kier alpha value is -2.79. The van der Waals surface area contributed by atoms with Gasteiger partial charge in [-0.1, -0.05) is 12.1 Å². The van der Waals surface area contributed by atoms with Gasteiger partial charge in [-0.05, 0) is 60.5 Å². The smallest absolute Gasteiger partial charge is 0.265 e. The fourth-order valence-corrected chi connectivity index (χ4v) is 3.46. The molecule has 128 valence electrons. The van der Waals surface area contributed by atoms with E-state index in [9.17, 15) is 4.79 Å². The highest BCUT2D eigenvalue weighted by Crippen LogP contribution is 2.32. The van der Waals surface area contributed by atoms with Crippen molar-refractivity contribution in [1.82, 2.24) is 0 Å². The van der Waals surface area contributed by atoms with Gasteiger partial charge in [0.15, 0.2) is 0 Å². The first kappa shape index (κ1) is 17.0. The zero-order valence-electron chi connectivity index (χ0n) is 14.3. The van der Waals surface area contributed by atoms with Crippen molar-refractivity contribution in [1.29, 1.82) is 0 Å². The Kier molecular flexibility index (Phi) is 5.05. The largest absolute Gasteiger partial charge is 0.497 e. The highest BCUT2D eigenvalue weighted by atomic mass is 32.1. The first-order chi connectivity index (χ1) is 12.1. The Balaban J connectivity index is 1.79. The maximum absolute atomic E-state index is 12.5. The summed E-state index contributed by atoms with van der Waals surface area (Å²) in [5.41, 5.74) is 2.87. The van der Waals surface area contributed by atoms with E-state index in [0.29, 0.717) is 4.88 Å². The van der Waals surface area contributed by atoms with Crippen LogP contribution in [0.5, 0.6) is 11.5 Å². The molecule has 1 aromatic heterocycles. The van der Waals surface area contributed by atoms with E-state index in [2.05, 4.69) is 5.32 Å². The van der Waals surface area contributed by atoms with Crippen molar-refractivity contribution in [2.24, 2.45) is 0 Å². The fourth-order valence-electron chi connectivity index (χ4n) is 2.52. The van der Waals surface area contributed by atoms with Gasteiger partial charge in [-0.3, -0.25) is 4.79 Å². The lowest BCUT2D eigenvalue weighted by Crippen LogP contribution is -2.09. The van der Waals surface area contributed by atoms with E-state index < -0.39 is 0 Å².